The Bertz CT molecular complexity index is 399. The fourth-order valence-electron chi connectivity index (χ4n) is 2.16. The Morgan fingerprint density at radius 3 is 3.06 bits per heavy atom. The summed E-state index contributed by atoms with van der Waals surface area (Å²) in [6, 6.07) is 3.91. The van der Waals surface area contributed by atoms with E-state index in [2.05, 4.69) is 10.6 Å². The molecule has 2 heterocycles. The van der Waals surface area contributed by atoms with Crippen molar-refractivity contribution in [2.75, 3.05) is 11.9 Å². The molecule has 1 aromatic heterocycles. The lowest BCUT2D eigenvalue weighted by Gasteiger charge is -2.17. The number of ether oxygens (including phenoxy) is 1. The van der Waals surface area contributed by atoms with E-state index in [1.165, 1.54) is 4.88 Å². The fraction of sp³-hybridized carbons (Fsp3) is 0.615. The summed E-state index contributed by atoms with van der Waals surface area (Å²) in [5.41, 5.74) is 0. The Hall–Kier alpha value is -1.07. The first-order chi connectivity index (χ1) is 8.63. The van der Waals surface area contributed by atoms with E-state index < -0.39 is 0 Å². The van der Waals surface area contributed by atoms with Gasteiger partial charge in [0.05, 0.1) is 11.1 Å². The molecule has 5 heteroatoms. The van der Waals surface area contributed by atoms with Crippen molar-refractivity contribution in [1.82, 2.24) is 5.32 Å². The Labute approximate surface area is 112 Å². The molecule has 0 aromatic carbocycles. The van der Waals surface area contributed by atoms with Gasteiger partial charge in [0.1, 0.15) is 0 Å². The average Bonchev–Trinajstić information content (AvgIpc) is 2.90. The van der Waals surface area contributed by atoms with Crippen LogP contribution in [0.15, 0.2) is 12.1 Å². The Morgan fingerprint density at radius 2 is 2.44 bits per heavy atom. The molecule has 1 saturated heterocycles. The summed E-state index contributed by atoms with van der Waals surface area (Å²) >= 11 is 1.58. The van der Waals surface area contributed by atoms with Crippen molar-refractivity contribution in [2.24, 2.45) is 0 Å². The highest BCUT2D eigenvalue weighted by atomic mass is 32.1. The summed E-state index contributed by atoms with van der Waals surface area (Å²) in [7, 11) is 0. The van der Waals surface area contributed by atoms with Gasteiger partial charge in [-0.25, -0.2) is 4.79 Å². The number of carbonyl (C=O) groups is 1. The third-order valence-electron chi connectivity index (χ3n) is 3.00. The molecule has 2 N–H and O–H groups in total. The highest BCUT2D eigenvalue weighted by molar-refractivity contribution is 7.16. The van der Waals surface area contributed by atoms with E-state index in [1.54, 1.807) is 11.3 Å². The topological polar surface area (TPSA) is 50.4 Å². The van der Waals surface area contributed by atoms with Crippen LogP contribution in [-0.4, -0.2) is 24.8 Å². The highest BCUT2D eigenvalue weighted by Crippen LogP contribution is 2.20. The van der Waals surface area contributed by atoms with Crippen LogP contribution in [0.5, 0.6) is 0 Å². The predicted molar refractivity (Wildman–Crippen MR) is 74.3 cm³/mol. The van der Waals surface area contributed by atoms with Crippen molar-refractivity contribution >= 4 is 22.4 Å². The van der Waals surface area contributed by atoms with Gasteiger partial charge < -0.3 is 10.1 Å². The first kappa shape index (κ1) is 13.4. The molecule has 1 fully saturated rings. The number of nitrogens with one attached hydrogen (secondary N) is 2. The van der Waals surface area contributed by atoms with E-state index in [0.29, 0.717) is 6.10 Å². The van der Waals surface area contributed by atoms with Crippen LogP contribution in [0.4, 0.5) is 9.80 Å². The third-order valence-corrected chi connectivity index (χ3v) is 3.91. The first-order valence-corrected chi connectivity index (χ1v) is 7.20. The molecule has 100 valence electrons. The zero-order valence-corrected chi connectivity index (χ0v) is 11.7. The molecule has 0 aliphatic carbocycles. The number of rotatable bonds is 4. The van der Waals surface area contributed by atoms with E-state index in [-0.39, 0.29) is 12.1 Å². The van der Waals surface area contributed by atoms with Crippen LogP contribution in [0, 0.1) is 6.92 Å². The standard InChI is InChI=1S/C13H20N2O2S/c1-9(8-11-4-3-7-17-11)14-13(16)15-12-6-5-10(2)18-12/h5-6,9,11H,3-4,7-8H2,1-2H3,(H2,14,15,16)/t9-,11-/m0/s1. The van der Waals surface area contributed by atoms with Crippen molar-refractivity contribution in [1.29, 1.82) is 0 Å². The number of hydrogen-bond donors (Lipinski definition) is 2. The maximum absolute atomic E-state index is 11.7. The van der Waals surface area contributed by atoms with Gasteiger partial charge in [-0.05, 0) is 45.2 Å². The molecule has 2 atom stereocenters. The molecule has 4 nitrogen and oxygen atoms in total. The van der Waals surface area contributed by atoms with Gasteiger partial charge >= 0.3 is 6.03 Å². The minimum atomic E-state index is -0.137. The number of carbonyl (C=O) groups excluding carboxylic acids is 1. The second-order valence-corrected chi connectivity index (χ2v) is 6.07. The lowest BCUT2D eigenvalue weighted by molar-refractivity contribution is 0.0973. The van der Waals surface area contributed by atoms with Crippen LogP contribution < -0.4 is 10.6 Å². The Morgan fingerprint density at radius 1 is 1.61 bits per heavy atom. The number of anilines is 1. The normalized spacial score (nSPS) is 20.7. The van der Waals surface area contributed by atoms with Crippen LogP contribution >= 0.6 is 11.3 Å². The second kappa shape index (κ2) is 6.20. The predicted octanol–water partition coefficient (Wildman–Crippen LogP) is 3.14. The summed E-state index contributed by atoms with van der Waals surface area (Å²) in [5, 5.41) is 6.67. The van der Waals surface area contributed by atoms with E-state index >= 15 is 0 Å². The smallest absolute Gasteiger partial charge is 0.320 e. The second-order valence-electron chi connectivity index (χ2n) is 4.78. The summed E-state index contributed by atoms with van der Waals surface area (Å²) < 4.78 is 5.56. The van der Waals surface area contributed by atoms with Crippen LogP contribution in [0.25, 0.3) is 0 Å². The number of aryl methyl sites for hydroxylation is 1. The number of urea groups is 1. The molecule has 1 aromatic rings. The largest absolute Gasteiger partial charge is 0.378 e. The van der Waals surface area contributed by atoms with Crippen molar-refractivity contribution in [3.8, 4) is 0 Å². The van der Waals surface area contributed by atoms with Gasteiger partial charge in [-0.3, -0.25) is 5.32 Å². The van der Waals surface area contributed by atoms with E-state index in [1.807, 2.05) is 26.0 Å². The van der Waals surface area contributed by atoms with Gasteiger partial charge in [0.2, 0.25) is 0 Å². The molecule has 0 unspecified atom stereocenters. The van der Waals surface area contributed by atoms with Crippen molar-refractivity contribution in [3.63, 3.8) is 0 Å². The van der Waals surface area contributed by atoms with Crippen LogP contribution in [0.2, 0.25) is 0 Å². The highest BCUT2D eigenvalue weighted by Gasteiger charge is 2.19. The van der Waals surface area contributed by atoms with Gasteiger partial charge in [0, 0.05) is 17.5 Å². The van der Waals surface area contributed by atoms with Crippen molar-refractivity contribution < 1.29 is 9.53 Å². The average molecular weight is 268 g/mol. The summed E-state index contributed by atoms with van der Waals surface area (Å²) in [6.07, 6.45) is 3.44. The van der Waals surface area contributed by atoms with Gasteiger partial charge in [0.15, 0.2) is 0 Å². The molecule has 1 aliphatic rings. The quantitative estimate of drug-likeness (QED) is 0.881. The van der Waals surface area contributed by atoms with Gasteiger partial charge in [0.25, 0.3) is 0 Å². The molecule has 0 spiro atoms. The lowest BCUT2D eigenvalue weighted by Crippen LogP contribution is -2.37. The zero-order chi connectivity index (χ0) is 13.0. The van der Waals surface area contributed by atoms with Crippen LogP contribution in [-0.2, 0) is 4.74 Å². The molecule has 0 saturated carbocycles. The minimum Gasteiger partial charge on any atom is -0.378 e. The summed E-state index contributed by atoms with van der Waals surface area (Å²) in [6.45, 7) is 4.90. The van der Waals surface area contributed by atoms with E-state index in [9.17, 15) is 4.79 Å². The zero-order valence-electron chi connectivity index (χ0n) is 10.9. The van der Waals surface area contributed by atoms with Crippen LogP contribution in [0.1, 0.15) is 31.1 Å². The van der Waals surface area contributed by atoms with E-state index in [0.717, 1.165) is 30.9 Å². The van der Waals surface area contributed by atoms with E-state index in [4.69, 9.17) is 4.74 Å². The van der Waals surface area contributed by atoms with Gasteiger partial charge in [-0.15, -0.1) is 11.3 Å². The number of amides is 2. The molecule has 0 radical (unpaired) electrons. The Balaban J connectivity index is 1.72. The molecule has 1 aliphatic heterocycles. The molecule has 0 bridgehead atoms. The van der Waals surface area contributed by atoms with Gasteiger partial charge in [-0.1, -0.05) is 0 Å². The molecule has 18 heavy (non-hydrogen) atoms. The number of thiophene rings is 1. The first-order valence-electron chi connectivity index (χ1n) is 6.39. The fourth-order valence-corrected chi connectivity index (χ4v) is 2.92. The molecule has 2 amide bonds. The SMILES string of the molecule is Cc1ccc(NC(=O)N[C@@H](C)C[C@@H]2CCCO2)s1. The maximum Gasteiger partial charge on any atom is 0.320 e. The lowest BCUT2D eigenvalue weighted by atomic mass is 10.1. The number of hydrogen-bond acceptors (Lipinski definition) is 3. The molecule has 2 rings (SSSR count). The molecular formula is C13H20N2O2S. The summed E-state index contributed by atoms with van der Waals surface area (Å²) in [5.74, 6) is 0. The Kier molecular flexibility index (Phi) is 4.60. The monoisotopic (exact) mass is 268 g/mol. The summed E-state index contributed by atoms with van der Waals surface area (Å²) in [4.78, 5) is 12.9. The van der Waals surface area contributed by atoms with Crippen molar-refractivity contribution in [3.05, 3.63) is 17.0 Å². The van der Waals surface area contributed by atoms with Crippen molar-refractivity contribution in [2.45, 2.75) is 45.3 Å². The maximum atomic E-state index is 11.7. The van der Waals surface area contributed by atoms with Gasteiger partial charge in [-0.2, -0.15) is 0 Å². The minimum absolute atomic E-state index is 0.133. The molecular weight excluding hydrogens is 248 g/mol. The third kappa shape index (κ3) is 3.99. The van der Waals surface area contributed by atoms with Crippen LogP contribution in [0.3, 0.4) is 0 Å².